The summed E-state index contributed by atoms with van der Waals surface area (Å²) in [7, 11) is -3.55. The molecule has 0 aliphatic heterocycles. The largest absolute Gasteiger partial charge is 0.147 e. The van der Waals surface area contributed by atoms with Crippen molar-refractivity contribution in [2.45, 2.75) is 18.6 Å². The van der Waals surface area contributed by atoms with E-state index in [0.29, 0.717) is 17.6 Å². The van der Waals surface area contributed by atoms with Crippen LogP contribution in [0.2, 0.25) is 5.15 Å². The molecule has 0 unspecified atom stereocenters. The van der Waals surface area contributed by atoms with E-state index in [-0.39, 0.29) is 35.7 Å². The van der Waals surface area contributed by atoms with E-state index >= 15 is 0 Å². The molecule has 2 atom stereocenters. The van der Waals surface area contributed by atoms with Gasteiger partial charge in [-0.2, -0.15) is 0 Å². The van der Waals surface area contributed by atoms with Gasteiger partial charge in [-0.15, -0.1) is 12.4 Å². The molecular weight excluding hydrogens is 352 g/mol. The summed E-state index contributed by atoms with van der Waals surface area (Å²) in [6.45, 7) is 1.30. The van der Waals surface area contributed by atoms with Crippen molar-refractivity contribution in [3.05, 3.63) is 23.6 Å². The van der Waals surface area contributed by atoms with Crippen LogP contribution in [-0.4, -0.2) is 42.1 Å². The zero-order valence-corrected chi connectivity index (χ0v) is 14.1. The molecule has 1 aliphatic carbocycles. The van der Waals surface area contributed by atoms with Crippen LogP contribution in [0.25, 0.3) is 11.2 Å². The van der Waals surface area contributed by atoms with Crippen molar-refractivity contribution in [2.24, 2.45) is 0 Å². The molecule has 2 aromatic heterocycles. The third kappa shape index (κ3) is 3.48. The van der Waals surface area contributed by atoms with Gasteiger partial charge in [-0.3, -0.25) is 0 Å². The Morgan fingerprint density at radius 1 is 1.41 bits per heavy atom. The summed E-state index contributed by atoms with van der Waals surface area (Å²) in [6, 6.07) is -0.0679. The van der Waals surface area contributed by atoms with Gasteiger partial charge in [-0.05, 0) is 0 Å². The first-order chi connectivity index (χ1) is 9.83. The smallest absolute Gasteiger partial charge is 0.147 e. The van der Waals surface area contributed by atoms with E-state index in [1.807, 2.05) is 10.6 Å². The van der Waals surface area contributed by atoms with Crippen LogP contribution in [0.3, 0.4) is 0 Å². The maximum atomic E-state index is 9.40. The predicted octanol–water partition coefficient (Wildman–Crippen LogP) is 1.48. The topological polar surface area (TPSA) is 119 Å². The van der Waals surface area contributed by atoms with Crippen LogP contribution in [0.4, 0.5) is 5.95 Å². The summed E-state index contributed by atoms with van der Waals surface area (Å²) < 4.78 is 7.04. The second-order valence-corrected chi connectivity index (χ2v) is 7.44. The van der Waals surface area contributed by atoms with E-state index in [1.165, 1.54) is 6.66 Å². The molecule has 0 saturated carbocycles. The van der Waals surface area contributed by atoms with Crippen molar-refractivity contribution in [2.75, 3.05) is 12.4 Å². The molecule has 3 rings (SSSR count). The molecule has 0 amide bonds. The van der Waals surface area contributed by atoms with Gasteiger partial charge in [0.1, 0.15) is 0 Å². The normalized spacial score (nSPS) is 22.0. The van der Waals surface area contributed by atoms with Gasteiger partial charge in [0.15, 0.2) is 0 Å². The van der Waals surface area contributed by atoms with Crippen molar-refractivity contribution >= 4 is 49.1 Å². The number of anilines is 1. The van der Waals surface area contributed by atoms with Crippen molar-refractivity contribution in [3.63, 3.8) is 0 Å². The first-order valence-corrected chi connectivity index (χ1v) is 8.98. The molecule has 0 bridgehead atoms. The minimum absolute atomic E-state index is 0. The molecular formula is C11H16Cl2N5O3P. The molecule has 11 heteroatoms. The van der Waals surface area contributed by atoms with E-state index < -0.39 is 7.94 Å². The van der Waals surface area contributed by atoms with Crippen LogP contribution >= 0.6 is 32.0 Å². The average molecular weight is 368 g/mol. The second kappa shape index (κ2) is 6.23. The number of rotatable bonds is 3. The van der Waals surface area contributed by atoms with Gasteiger partial charge in [0.25, 0.3) is 0 Å². The molecule has 8 nitrogen and oxygen atoms in total. The molecule has 0 spiro atoms. The standard InChI is InChI=1S/C11H15ClN5O3P.ClH/c1-21(18,19)20-7-3-2-6(4-7)17-5-14-8-9(12)15-11(13)16-10(8)17;/h2-3,5-7,18-19,21H,4H2,1H3,(H2,13,15,16);1H/t6-,7+;/m0./s1. The van der Waals surface area contributed by atoms with E-state index in [4.69, 9.17) is 21.9 Å². The zero-order chi connectivity index (χ0) is 15.2. The third-order valence-corrected chi connectivity index (χ3v) is 4.16. The number of aromatic nitrogens is 4. The van der Waals surface area contributed by atoms with E-state index in [1.54, 1.807) is 12.4 Å². The van der Waals surface area contributed by atoms with Gasteiger partial charge in [0.05, 0.1) is 0 Å². The summed E-state index contributed by atoms with van der Waals surface area (Å²) in [4.78, 5) is 31.0. The molecule has 2 heterocycles. The fourth-order valence-corrected chi connectivity index (χ4v) is 3.34. The second-order valence-electron chi connectivity index (χ2n) is 4.97. The monoisotopic (exact) mass is 367 g/mol. The molecule has 2 aromatic rings. The summed E-state index contributed by atoms with van der Waals surface area (Å²) in [5, 5.41) is 0.205. The quantitative estimate of drug-likeness (QED) is 0.426. The molecule has 4 N–H and O–H groups in total. The molecule has 1 aliphatic rings. The van der Waals surface area contributed by atoms with Crippen LogP contribution in [0.1, 0.15) is 12.5 Å². The van der Waals surface area contributed by atoms with Crippen molar-refractivity contribution < 1.29 is 14.3 Å². The van der Waals surface area contributed by atoms with Crippen molar-refractivity contribution in [1.82, 2.24) is 19.5 Å². The number of nitrogens with two attached hydrogens (primary N) is 1. The minimum atomic E-state index is -3.55. The van der Waals surface area contributed by atoms with Gasteiger partial charge in [-0.25, -0.2) is 0 Å². The summed E-state index contributed by atoms with van der Waals surface area (Å²) in [5.74, 6) is 0.0784. The number of nitrogen functional groups attached to an aromatic ring is 1. The fraction of sp³-hybridized carbons (Fsp3) is 0.364. The number of hydrogen-bond donors (Lipinski definition) is 3. The van der Waals surface area contributed by atoms with Gasteiger partial charge >= 0.3 is 125 Å². The minimum Gasteiger partial charge on any atom is -0.147 e. The van der Waals surface area contributed by atoms with E-state index in [2.05, 4.69) is 15.0 Å². The van der Waals surface area contributed by atoms with Gasteiger partial charge in [-0.1, -0.05) is 0 Å². The number of fused-ring (bicyclic) bond motifs is 1. The Labute approximate surface area is 138 Å². The summed E-state index contributed by atoms with van der Waals surface area (Å²) in [5.41, 5.74) is 6.63. The predicted molar refractivity (Wildman–Crippen MR) is 88.3 cm³/mol. The molecule has 0 aromatic carbocycles. The van der Waals surface area contributed by atoms with Crippen molar-refractivity contribution in [1.29, 1.82) is 0 Å². The van der Waals surface area contributed by atoms with Crippen LogP contribution < -0.4 is 5.73 Å². The molecule has 0 saturated heterocycles. The Balaban J connectivity index is 0.00000176. The van der Waals surface area contributed by atoms with Crippen LogP contribution in [0, 0.1) is 0 Å². The Morgan fingerprint density at radius 3 is 2.82 bits per heavy atom. The van der Waals surface area contributed by atoms with Crippen LogP contribution in [-0.2, 0) is 4.52 Å². The number of imidazole rings is 1. The Bertz CT molecular complexity index is 718. The van der Waals surface area contributed by atoms with Crippen LogP contribution in [0.5, 0.6) is 0 Å². The summed E-state index contributed by atoms with van der Waals surface area (Å²) in [6.07, 6.45) is 5.50. The van der Waals surface area contributed by atoms with Gasteiger partial charge in [0.2, 0.25) is 0 Å². The molecule has 0 fully saturated rings. The van der Waals surface area contributed by atoms with E-state index in [0.717, 1.165) is 0 Å². The van der Waals surface area contributed by atoms with E-state index in [9.17, 15) is 9.79 Å². The molecule has 0 radical (unpaired) electrons. The first-order valence-electron chi connectivity index (χ1n) is 6.30. The zero-order valence-electron chi connectivity index (χ0n) is 11.5. The Morgan fingerprint density at radius 2 is 2.14 bits per heavy atom. The van der Waals surface area contributed by atoms with Gasteiger partial charge in [0, 0.05) is 0 Å². The Hall–Kier alpha value is -1.02. The Kier molecular flexibility index (Phi) is 4.91. The van der Waals surface area contributed by atoms with Crippen molar-refractivity contribution in [3.8, 4) is 0 Å². The summed E-state index contributed by atoms with van der Waals surface area (Å²) >= 11 is 5.99. The number of hydrogen-bond acceptors (Lipinski definition) is 7. The average Bonchev–Trinajstić information content (AvgIpc) is 2.93. The first kappa shape index (κ1) is 17.3. The SMILES string of the molecule is C[PH](O)(O)O[C@@H]1C=C[C@H](n2cnc3c(Cl)nc(N)nc32)C1.Cl. The number of nitrogens with zero attached hydrogens (tertiary/aromatic N) is 4. The number of halogens is 2. The third-order valence-electron chi connectivity index (χ3n) is 3.15. The molecule has 122 valence electrons. The maximum Gasteiger partial charge on any atom is -0.147 e. The van der Waals surface area contributed by atoms with Crippen LogP contribution in [0.15, 0.2) is 18.5 Å². The molecule has 22 heavy (non-hydrogen) atoms. The number of allylic oxidation sites excluding steroid dienone is 1. The maximum absolute atomic E-state index is 9.40. The van der Waals surface area contributed by atoms with Gasteiger partial charge < -0.3 is 0 Å². The fourth-order valence-electron chi connectivity index (χ4n) is 2.37.